The lowest BCUT2D eigenvalue weighted by Gasteiger charge is -2.25. The summed E-state index contributed by atoms with van der Waals surface area (Å²) in [6, 6.07) is 12.1. The van der Waals surface area contributed by atoms with Crippen molar-refractivity contribution in [3.05, 3.63) is 65.7 Å². The Bertz CT molecular complexity index is 1270. The highest BCUT2D eigenvalue weighted by Crippen LogP contribution is 2.44. The minimum absolute atomic E-state index is 0.0820. The van der Waals surface area contributed by atoms with E-state index in [1.54, 1.807) is 30.3 Å². The van der Waals surface area contributed by atoms with E-state index < -0.39 is 63.7 Å². The van der Waals surface area contributed by atoms with E-state index in [2.05, 4.69) is 4.18 Å². The summed E-state index contributed by atoms with van der Waals surface area (Å²) in [6.07, 6.45) is -1.41. The van der Waals surface area contributed by atoms with Crippen LogP contribution in [-0.2, 0) is 40.5 Å². The van der Waals surface area contributed by atoms with E-state index in [9.17, 15) is 36.0 Å². The van der Waals surface area contributed by atoms with Gasteiger partial charge in [-0.25, -0.2) is 9.59 Å². The second kappa shape index (κ2) is 11.7. The van der Waals surface area contributed by atoms with E-state index in [0.717, 1.165) is 25.2 Å². The summed E-state index contributed by atoms with van der Waals surface area (Å²) in [5.41, 5.74) is -5.14. The molecule has 3 atom stereocenters. The second-order valence-corrected chi connectivity index (χ2v) is 9.77. The first-order valence-electron chi connectivity index (χ1n) is 11.1. The van der Waals surface area contributed by atoms with Gasteiger partial charge in [0.05, 0.1) is 20.6 Å². The highest BCUT2D eigenvalue weighted by molar-refractivity contribution is 7.88. The molecular weight excluding hydrogens is 535 g/mol. The van der Waals surface area contributed by atoms with Crippen LogP contribution in [0.5, 0.6) is 5.75 Å². The van der Waals surface area contributed by atoms with Crippen molar-refractivity contribution in [2.75, 3.05) is 20.8 Å². The van der Waals surface area contributed by atoms with Gasteiger partial charge in [-0.1, -0.05) is 48.5 Å². The van der Waals surface area contributed by atoms with Gasteiger partial charge in [-0.05, 0) is 11.6 Å². The maximum absolute atomic E-state index is 13.1. The van der Waals surface area contributed by atoms with E-state index >= 15 is 0 Å². The van der Waals surface area contributed by atoms with Crippen molar-refractivity contribution in [1.82, 2.24) is 4.90 Å². The molecule has 2 aromatic carbocycles. The number of para-hydroxylation sites is 1. The summed E-state index contributed by atoms with van der Waals surface area (Å²) in [5, 5.41) is 0. The molecule has 1 saturated heterocycles. The maximum atomic E-state index is 13.1. The van der Waals surface area contributed by atoms with Gasteiger partial charge in [-0.2, -0.15) is 21.6 Å². The van der Waals surface area contributed by atoms with Crippen LogP contribution in [0, 0.1) is 5.92 Å². The molecule has 3 rings (SSSR count). The number of ether oxygens (including phenoxy) is 3. The standard InChI is InChI=1S/C24H24F3NO9S/c1-34-20(29)12-17-18(16-10-6-7-11-19(16)37-38(32,33)24(25,26)27)13-28(21(17)22(30)35-2)23(31)36-14-15-8-4-3-5-9-15/h3-11,17-18,21H,12-14H2,1-2H3/t17-,18+,21-/m0/s1. The quantitative estimate of drug-likeness (QED) is 0.207. The third-order valence-electron chi connectivity index (χ3n) is 5.97. The van der Waals surface area contributed by atoms with Gasteiger partial charge < -0.3 is 18.4 Å². The zero-order chi connectivity index (χ0) is 28.1. The van der Waals surface area contributed by atoms with E-state index in [1.165, 1.54) is 18.2 Å². The summed E-state index contributed by atoms with van der Waals surface area (Å²) < 4.78 is 81.8. The Morgan fingerprint density at radius 3 is 2.21 bits per heavy atom. The molecule has 0 spiro atoms. The third-order valence-corrected chi connectivity index (χ3v) is 6.93. The second-order valence-electron chi connectivity index (χ2n) is 8.23. The minimum Gasteiger partial charge on any atom is -0.469 e. The molecular formula is C24H24F3NO9S. The fourth-order valence-electron chi connectivity index (χ4n) is 4.21. The molecule has 0 aromatic heterocycles. The molecule has 0 saturated carbocycles. The number of amides is 1. The SMILES string of the molecule is COC(=O)C[C@H]1[C@@H](c2ccccc2OS(=O)(=O)C(F)(F)F)CN(C(=O)OCc2ccccc2)[C@@H]1C(=O)OC. The molecule has 38 heavy (non-hydrogen) atoms. The number of esters is 2. The summed E-state index contributed by atoms with van der Waals surface area (Å²) in [5.74, 6) is -4.50. The van der Waals surface area contributed by atoms with Gasteiger partial charge in [0.25, 0.3) is 0 Å². The van der Waals surface area contributed by atoms with Crippen LogP contribution in [0.15, 0.2) is 54.6 Å². The first-order valence-corrected chi connectivity index (χ1v) is 12.5. The largest absolute Gasteiger partial charge is 0.534 e. The van der Waals surface area contributed by atoms with E-state index in [4.69, 9.17) is 14.2 Å². The Balaban J connectivity index is 2.02. The number of alkyl halides is 3. The molecule has 206 valence electrons. The Morgan fingerprint density at radius 2 is 1.61 bits per heavy atom. The molecule has 1 aliphatic heterocycles. The zero-order valence-electron chi connectivity index (χ0n) is 20.2. The number of nitrogens with zero attached hydrogens (tertiary/aromatic N) is 1. The Kier molecular flexibility index (Phi) is 8.86. The van der Waals surface area contributed by atoms with E-state index in [0.29, 0.717) is 5.56 Å². The highest BCUT2D eigenvalue weighted by Gasteiger charge is 2.52. The van der Waals surface area contributed by atoms with Crippen molar-refractivity contribution >= 4 is 28.1 Å². The number of methoxy groups -OCH3 is 2. The predicted molar refractivity (Wildman–Crippen MR) is 124 cm³/mol. The molecule has 1 aliphatic rings. The molecule has 0 unspecified atom stereocenters. The first kappa shape index (κ1) is 28.8. The highest BCUT2D eigenvalue weighted by atomic mass is 32.2. The van der Waals surface area contributed by atoms with Gasteiger partial charge in [-0.15, -0.1) is 0 Å². The monoisotopic (exact) mass is 559 g/mol. The predicted octanol–water partition coefficient (Wildman–Crippen LogP) is 3.37. The molecule has 0 radical (unpaired) electrons. The van der Waals surface area contributed by atoms with Crippen LogP contribution < -0.4 is 4.18 Å². The summed E-state index contributed by atoms with van der Waals surface area (Å²) >= 11 is 0. The van der Waals surface area contributed by atoms with Crippen molar-refractivity contribution in [3.63, 3.8) is 0 Å². The minimum atomic E-state index is -6.04. The number of halogens is 3. The van der Waals surface area contributed by atoms with Crippen LogP contribution in [-0.4, -0.2) is 63.7 Å². The van der Waals surface area contributed by atoms with Gasteiger partial charge in [-0.3, -0.25) is 9.69 Å². The van der Waals surface area contributed by atoms with Crippen LogP contribution in [0.1, 0.15) is 23.5 Å². The fourth-order valence-corrected chi connectivity index (χ4v) is 4.69. The van der Waals surface area contributed by atoms with Gasteiger partial charge in [0, 0.05) is 23.9 Å². The lowest BCUT2D eigenvalue weighted by molar-refractivity contribution is -0.148. The normalized spacial score (nSPS) is 19.5. The van der Waals surface area contributed by atoms with Crippen LogP contribution in [0.4, 0.5) is 18.0 Å². The lowest BCUT2D eigenvalue weighted by Crippen LogP contribution is -2.44. The summed E-state index contributed by atoms with van der Waals surface area (Å²) in [7, 11) is -3.88. The summed E-state index contributed by atoms with van der Waals surface area (Å²) in [6.45, 7) is -0.485. The number of hydrogen-bond donors (Lipinski definition) is 0. The average molecular weight is 560 g/mol. The summed E-state index contributed by atoms with van der Waals surface area (Å²) in [4.78, 5) is 39.1. The van der Waals surface area contributed by atoms with Crippen LogP contribution in [0.3, 0.4) is 0 Å². The Hall–Kier alpha value is -3.81. The van der Waals surface area contributed by atoms with Crippen LogP contribution >= 0.6 is 0 Å². The number of carbonyl (C=O) groups is 3. The molecule has 0 bridgehead atoms. The smallest absolute Gasteiger partial charge is 0.469 e. The number of carbonyl (C=O) groups excluding carboxylic acids is 3. The molecule has 0 N–H and O–H groups in total. The van der Waals surface area contributed by atoms with Crippen molar-refractivity contribution in [3.8, 4) is 5.75 Å². The van der Waals surface area contributed by atoms with Crippen LogP contribution in [0.2, 0.25) is 0 Å². The fraction of sp³-hybridized carbons (Fsp3) is 0.375. The molecule has 14 heteroatoms. The Morgan fingerprint density at radius 1 is 0.974 bits per heavy atom. The van der Waals surface area contributed by atoms with Gasteiger partial charge in [0.15, 0.2) is 0 Å². The van der Waals surface area contributed by atoms with Gasteiger partial charge in [0.1, 0.15) is 18.4 Å². The lowest BCUT2D eigenvalue weighted by atomic mass is 9.82. The molecule has 1 fully saturated rings. The molecule has 1 amide bonds. The van der Waals surface area contributed by atoms with Crippen molar-refractivity contribution in [2.45, 2.75) is 30.5 Å². The molecule has 10 nitrogen and oxygen atoms in total. The first-order chi connectivity index (χ1) is 17.9. The van der Waals surface area contributed by atoms with Crippen molar-refractivity contribution in [2.24, 2.45) is 5.92 Å². The average Bonchev–Trinajstić information content (AvgIpc) is 3.25. The number of benzene rings is 2. The number of hydrogen-bond acceptors (Lipinski definition) is 9. The van der Waals surface area contributed by atoms with Crippen molar-refractivity contribution < 1.29 is 54.4 Å². The maximum Gasteiger partial charge on any atom is 0.534 e. The molecule has 1 heterocycles. The molecule has 0 aliphatic carbocycles. The Labute approximate surface area is 216 Å². The van der Waals surface area contributed by atoms with E-state index in [1.807, 2.05) is 0 Å². The number of rotatable bonds is 8. The van der Waals surface area contributed by atoms with Gasteiger partial charge >= 0.3 is 33.7 Å². The van der Waals surface area contributed by atoms with E-state index in [-0.39, 0.29) is 18.7 Å². The van der Waals surface area contributed by atoms with Gasteiger partial charge in [0.2, 0.25) is 0 Å². The third kappa shape index (κ3) is 6.36. The van der Waals surface area contributed by atoms with Crippen molar-refractivity contribution in [1.29, 1.82) is 0 Å². The molecule has 2 aromatic rings. The number of likely N-dealkylation sites (tertiary alicyclic amines) is 1. The topological polar surface area (TPSA) is 126 Å². The van der Waals surface area contributed by atoms with Crippen LogP contribution in [0.25, 0.3) is 0 Å². The zero-order valence-corrected chi connectivity index (χ0v) is 21.0.